The van der Waals surface area contributed by atoms with E-state index >= 15 is 0 Å². The molecule has 6 heteroatoms. The summed E-state index contributed by atoms with van der Waals surface area (Å²) in [6, 6.07) is 10.0. The highest BCUT2D eigenvalue weighted by atomic mass is 19.1. The number of methoxy groups -OCH3 is 1. The van der Waals surface area contributed by atoms with Crippen molar-refractivity contribution in [2.75, 3.05) is 23.5 Å². The van der Waals surface area contributed by atoms with Gasteiger partial charge in [0.25, 0.3) is 11.8 Å². The third-order valence-electron chi connectivity index (χ3n) is 4.60. The lowest BCUT2D eigenvalue weighted by molar-refractivity contribution is -0.120. The second-order valence-electron chi connectivity index (χ2n) is 6.20. The first-order valence-corrected chi connectivity index (χ1v) is 8.71. The fourth-order valence-corrected chi connectivity index (χ4v) is 3.29. The number of amides is 2. The molecule has 1 aliphatic rings. The van der Waals surface area contributed by atoms with Crippen molar-refractivity contribution in [2.24, 2.45) is 0 Å². The highest BCUT2D eigenvalue weighted by Crippen LogP contribution is 2.38. The fourth-order valence-electron chi connectivity index (χ4n) is 3.29. The second-order valence-corrected chi connectivity index (χ2v) is 6.20. The van der Waals surface area contributed by atoms with Crippen LogP contribution >= 0.6 is 0 Å². The van der Waals surface area contributed by atoms with E-state index in [2.05, 4.69) is 6.58 Å². The van der Waals surface area contributed by atoms with Gasteiger partial charge in [0.15, 0.2) is 0 Å². The quantitative estimate of drug-likeness (QED) is 0.755. The van der Waals surface area contributed by atoms with E-state index in [-0.39, 0.29) is 11.8 Å². The number of ether oxygens (including phenoxy) is 1. The monoisotopic (exact) mass is 368 g/mol. The number of benzene rings is 2. The Kier molecular flexibility index (Phi) is 5.26. The third kappa shape index (κ3) is 3.30. The Hall–Kier alpha value is -3.15. The predicted molar refractivity (Wildman–Crippen MR) is 103 cm³/mol. The molecule has 5 nitrogen and oxygen atoms in total. The van der Waals surface area contributed by atoms with Gasteiger partial charge >= 0.3 is 0 Å². The Morgan fingerprint density at radius 3 is 2.52 bits per heavy atom. The summed E-state index contributed by atoms with van der Waals surface area (Å²) in [6.07, 6.45) is 2.02. The molecule has 1 aliphatic heterocycles. The molecule has 0 unspecified atom stereocenters. The zero-order chi connectivity index (χ0) is 19.6. The summed E-state index contributed by atoms with van der Waals surface area (Å²) in [4.78, 5) is 29.2. The van der Waals surface area contributed by atoms with E-state index < -0.39 is 11.9 Å². The van der Waals surface area contributed by atoms with E-state index in [1.165, 1.54) is 28.0 Å². The van der Waals surface area contributed by atoms with Gasteiger partial charge in [-0.1, -0.05) is 13.0 Å². The van der Waals surface area contributed by atoms with Crippen LogP contribution < -0.4 is 14.5 Å². The summed E-state index contributed by atoms with van der Waals surface area (Å²) in [5, 5.41) is 0. The number of carbonyl (C=O) groups is 2. The molecule has 2 amide bonds. The van der Waals surface area contributed by atoms with Gasteiger partial charge in [0.1, 0.15) is 17.6 Å². The molecule has 27 heavy (non-hydrogen) atoms. The second kappa shape index (κ2) is 7.61. The van der Waals surface area contributed by atoms with E-state index in [9.17, 15) is 14.0 Å². The number of fused-ring (bicyclic) bond motifs is 1. The molecule has 0 bridgehead atoms. The van der Waals surface area contributed by atoms with Crippen LogP contribution in [0, 0.1) is 5.82 Å². The summed E-state index contributed by atoms with van der Waals surface area (Å²) in [5.74, 6) is -0.415. The highest BCUT2D eigenvalue weighted by Gasteiger charge is 2.40. The molecule has 1 heterocycles. The lowest BCUT2D eigenvalue weighted by Crippen LogP contribution is -2.55. The van der Waals surface area contributed by atoms with Crippen molar-refractivity contribution >= 4 is 23.2 Å². The Bertz CT molecular complexity index is 879. The maximum atomic E-state index is 14.0. The molecule has 1 atom stereocenters. The van der Waals surface area contributed by atoms with Gasteiger partial charge in [0, 0.05) is 12.1 Å². The summed E-state index contributed by atoms with van der Waals surface area (Å²) >= 11 is 0. The zero-order valence-electron chi connectivity index (χ0n) is 15.3. The molecule has 3 rings (SSSR count). The Labute approximate surface area is 157 Å². The minimum absolute atomic E-state index is 0.210. The van der Waals surface area contributed by atoms with E-state index in [0.29, 0.717) is 35.7 Å². The smallest absolute Gasteiger partial charge is 0.259 e. The van der Waals surface area contributed by atoms with Gasteiger partial charge in [0.2, 0.25) is 0 Å². The van der Waals surface area contributed by atoms with E-state index in [1.807, 2.05) is 6.92 Å². The topological polar surface area (TPSA) is 49.9 Å². The van der Waals surface area contributed by atoms with Crippen LogP contribution in [0.15, 0.2) is 55.1 Å². The molecule has 2 aromatic rings. The standard InChI is InChI=1S/C21H21FN2O3/c1-4-12-23-18-11-8-15(22)13-19(18)24(17(5-2)21(23)26)20(25)14-6-9-16(27-3)10-7-14/h4,6-11,13,17H,1,5,12H2,2-3H3/t17-/m1/s1. The van der Waals surface area contributed by atoms with Gasteiger partial charge in [-0.25, -0.2) is 4.39 Å². The number of rotatable bonds is 5. The van der Waals surface area contributed by atoms with Crippen LogP contribution in [-0.2, 0) is 4.79 Å². The van der Waals surface area contributed by atoms with Crippen molar-refractivity contribution in [1.29, 1.82) is 0 Å². The first-order valence-electron chi connectivity index (χ1n) is 8.71. The van der Waals surface area contributed by atoms with Gasteiger partial charge < -0.3 is 9.64 Å². The molecule has 0 saturated heterocycles. The minimum Gasteiger partial charge on any atom is -0.497 e. The molecule has 0 spiro atoms. The molecular formula is C21H21FN2O3. The van der Waals surface area contributed by atoms with Crippen LogP contribution in [0.2, 0.25) is 0 Å². The Morgan fingerprint density at radius 1 is 1.22 bits per heavy atom. The highest BCUT2D eigenvalue weighted by molar-refractivity contribution is 6.17. The van der Waals surface area contributed by atoms with Gasteiger partial charge in [-0.05, 0) is 48.9 Å². The summed E-state index contributed by atoms with van der Waals surface area (Å²) in [6.45, 7) is 5.81. The van der Waals surface area contributed by atoms with E-state index in [0.717, 1.165) is 0 Å². The number of carbonyl (C=O) groups excluding carboxylic acids is 2. The maximum Gasteiger partial charge on any atom is 0.259 e. The lowest BCUT2D eigenvalue weighted by Gasteiger charge is -2.41. The molecule has 0 aliphatic carbocycles. The normalized spacial score (nSPS) is 16.1. The van der Waals surface area contributed by atoms with Crippen LogP contribution in [0.3, 0.4) is 0 Å². The summed E-state index contributed by atoms with van der Waals surface area (Å²) < 4.78 is 19.1. The van der Waals surface area contributed by atoms with Gasteiger partial charge in [0.05, 0.1) is 18.5 Å². The molecule has 0 aromatic heterocycles. The van der Waals surface area contributed by atoms with E-state index in [1.54, 1.807) is 37.5 Å². The first-order chi connectivity index (χ1) is 13.0. The molecule has 0 saturated carbocycles. The van der Waals surface area contributed by atoms with Crippen LogP contribution in [0.1, 0.15) is 23.7 Å². The van der Waals surface area contributed by atoms with Gasteiger partial charge in [-0.2, -0.15) is 0 Å². The molecule has 0 fully saturated rings. The van der Waals surface area contributed by atoms with E-state index in [4.69, 9.17) is 4.74 Å². The summed E-state index contributed by atoms with van der Waals surface area (Å²) in [5.41, 5.74) is 1.27. The Morgan fingerprint density at radius 2 is 1.93 bits per heavy atom. The van der Waals surface area contributed by atoms with Crippen molar-refractivity contribution in [3.63, 3.8) is 0 Å². The average Bonchev–Trinajstić information content (AvgIpc) is 2.69. The number of halogens is 1. The third-order valence-corrected chi connectivity index (χ3v) is 4.60. The summed E-state index contributed by atoms with van der Waals surface area (Å²) in [7, 11) is 1.54. The number of nitrogens with zero attached hydrogens (tertiary/aromatic N) is 2. The minimum atomic E-state index is -0.714. The average molecular weight is 368 g/mol. The molecule has 2 aromatic carbocycles. The zero-order valence-corrected chi connectivity index (χ0v) is 15.3. The molecule has 0 radical (unpaired) electrons. The molecule has 140 valence electrons. The largest absolute Gasteiger partial charge is 0.497 e. The Balaban J connectivity index is 2.12. The SMILES string of the molecule is C=CCN1C(=O)[C@@H](CC)N(C(=O)c2ccc(OC)cc2)c2cc(F)ccc21. The fraction of sp³-hybridized carbons (Fsp3) is 0.238. The number of anilines is 2. The van der Waals surface area contributed by atoms with Crippen molar-refractivity contribution in [1.82, 2.24) is 0 Å². The predicted octanol–water partition coefficient (Wildman–Crippen LogP) is 3.79. The number of hydrogen-bond donors (Lipinski definition) is 0. The first kappa shape index (κ1) is 18.6. The van der Waals surface area contributed by atoms with Gasteiger partial charge in [-0.15, -0.1) is 6.58 Å². The van der Waals surface area contributed by atoms with Crippen molar-refractivity contribution in [3.05, 3.63) is 66.5 Å². The van der Waals surface area contributed by atoms with Crippen molar-refractivity contribution in [2.45, 2.75) is 19.4 Å². The van der Waals surface area contributed by atoms with Crippen molar-refractivity contribution in [3.8, 4) is 5.75 Å². The maximum absolute atomic E-state index is 14.0. The lowest BCUT2D eigenvalue weighted by atomic mass is 10.0. The van der Waals surface area contributed by atoms with Gasteiger partial charge in [-0.3, -0.25) is 14.5 Å². The molecular weight excluding hydrogens is 347 g/mol. The van der Waals surface area contributed by atoms with Crippen LogP contribution in [0.4, 0.5) is 15.8 Å². The van der Waals surface area contributed by atoms with Crippen LogP contribution in [-0.4, -0.2) is 31.5 Å². The molecule has 0 N–H and O–H groups in total. The van der Waals surface area contributed by atoms with Crippen LogP contribution in [0.25, 0.3) is 0 Å². The van der Waals surface area contributed by atoms with Crippen LogP contribution in [0.5, 0.6) is 5.75 Å². The number of hydrogen-bond acceptors (Lipinski definition) is 3. The van der Waals surface area contributed by atoms with Crippen molar-refractivity contribution < 1.29 is 18.7 Å².